The Morgan fingerprint density at radius 1 is 1.08 bits per heavy atom. The summed E-state index contributed by atoms with van der Waals surface area (Å²) in [5.74, 6) is 0.0133. The summed E-state index contributed by atoms with van der Waals surface area (Å²) < 4.78 is 5.49. The van der Waals surface area contributed by atoms with Crippen molar-refractivity contribution >= 4 is 28.3 Å². The monoisotopic (exact) mass is 510 g/mol. The molecule has 0 fully saturated rings. The van der Waals surface area contributed by atoms with Crippen molar-refractivity contribution in [2.75, 3.05) is 12.4 Å². The number of aromatic nitrogens is 3. The summed E-state index contributed by atoms with van der Waals surface area (Å²) in [6, 6.07) is 14.3. The lowest BCUT2D eigenvalue weighted by atomic mass is 9.97. The molecule has 184 valence electrons. The second-order valence-electron chi connectivity index (χ2n) is 8.57. The molecule has 3 aromatic heterocycles. The highest BCUT2D eigenvalue weighted by atomic mass is 32.1. The molecule has 5 rings (SSSR count). The summed E-state index contributed by atoms with van der Waals surface area (Å²) in [4.78, 5) is 42.0. The van der Waals surface area contributed by atoms with Crippen LogP contribution in [0.4, 0.5) is 5.13 Å². The van der Waals surface area contributed by atoms with E-state index in [0.717, 1.165) is 22.0 Å². The summed E-state index contributed by atoms with van der Waals surface area (Å²) in [5.41, 5.74) is 4.67. The number of methoxy groups -OCH3 is 1. The summed E-state index contributed by atoms with van der Waals surface area (Å²) in [5, 5.41) is 12.7. The largest absolute Gasteiger partial charge is 0.496 e. The third kappa shape index (κ3) is 4.77. The summed E-state index contributed by atoms with van der Waals surface area (Å²) in [7, 11) is 1.54. The maximum Gasteiger partial charge on any atom is 0.273 e. The standard InChI is InChI=1S/C27H22N6O3S/c1-15-5-4-6-21(30-15)26(35)33-13-22-24(14-33)37-27(31-22)32-25(34)20-12-29-16(2)9-18(20)19-10-17(11-28)7-8-23(19)36-3/h4-10,12H,13-14H2,1-3H3,(H,31,32,34). The molecule has 0 unspecified atom stereocenters. The van der Waals surface area contributed by atoms with Gasteiger partial charge < -0.3 is 9.64 Å². The van der Waals surface area contributed by atoms with Crippen LogP contribution in [0.25, 0.3) is 11.1 Å². The molecule has 0 saturated carbocycles. The number of carbonyl (C=O) groups excluding carboxylic acids is 2. The molecule has 9 nitrogen and oxygen atoms in total. The van der Waals surface area contributed by atoms with E-state index >= 15 is 0 Å². The minimum Gasteiger partial charge on any atom is -0.496 e. The summed E-state index contributed by atoms with van der Waals surface area (Å²) >= 11 is 1.34. The van der Waals surface area contributed by atoms with Crippen LogP contribution in [0.2, 0.25) is 0 Å². The van der Waals surface area contributed by atoms with E-state index < -0.39 is 0 Å². The van der Waals surface area contributed by atoms with Crippen molar-refractivity contribution < 1.29 is 14.3 Å². The topological polar surface area (TPSA) is 121 Å². The predicted molar refractivity (Wildman–Crippen MR) is 138 cm³/mol. The van der Waals surface area contributed by atoms with Gasteiger partial charge >= 0.3 is 0 Å². The van der Waals surface area contributed by atoms with Crippen molar-refractivity contribution in [2.45, 2.75) is 26.9 Å². The van der Waals surface area contributed by atoms with Crippen LogP contribution in [-0.4, -0.2) is 38.8 Å². The quantitative estimate of drug-likeness (QED) is 0.419. The lowest BCUT2D eigenvalue weighted by molar-refractivity contribution is 0.0744. The van der Waals surface area contributed by atoms with Gasteiger partial charge in [-0.25, -0.2) is 9.97 Å². The van der Waals surface area contributed by atoms with Gasteiger partial charge in [-0.1, -0.05) is 17.4 Å². The van der Waals surface area contributed by atoms with Crippen LogP contribution >= 0.6 is 11.3 Å². The fraction of sp³-hybridized carbons (Fsp3) is 0.185. The average Bonchev–Trinajstić information content (AvgIpc) is 3.46. The maximum atomic E-state index is 13.3. The molecular weight excluding hydrogens is 488 g/mol. The Bertz CT molecular complexity index is 1570. The number of aryl methyl sites for hydroxylation is 2. The Hall–Kier alpha value is -4.62. The molecule has 0 spiro atoms. The van der Waals surface area contributed by atoms with Crippen LogP contribution in [0.3, 0.4) is 0 Å². The highest BCUT2D eigenvalue weighted by molar-refractivity contribution is 7.16. The number of hydrogen-bond acceptors (Lipinski definition) is 8. The first-order valence-electron chi connectivity index (χ1n) is 11.4. The third-order valence-corrected chi connectivity index (χ3v) is 6.97. The second-order valence-corrected chi connectivity index (χ2v) is 9.65. The zero-order valence-electron chi connectivity index (χ0n) is 20.4. The number of benzene rings is 1. The van der Waals surface area contributed by atoms with E-state index in [0.29, 0.717) is 51.9 Å². The molecule has 10 heteroatoms. The number of pyridine rings is 2. The number of anilines is 1. The van der Waals surface area contributed by atoms with Crippen molar-refractivity contribution in [3.05, 3.63) is 87.4 Å². The first-order valence-corrected chi connectivity index (χ1v) is 12.3. The Labute approximate surface area is 217 Å². The van der Waals surface area contributed by atoms with Crippen LogP contribution < -0.4 is 10.1 Å². The molecule has 2 amide bonds. The Balaban J connectivity index is 1.37. The molecule has 1 aliphatic rings. The minimum atomic E-state index is -0.378. The molecule has 37 heavy (non-hydrogen) atoms. The number of thiazole rings is 1. The van der Waals surface area contributed by atoms with Gasteiger partial charge in [0.2, 0.25) is 0 Å². The van der Waals surface area contributed by atoms with Gasteiger partial charge in [-0.15, -0.1) is 0 Å². The van der Waals surface area contributed by atoms with Crippen molar-refractivity contribution in [1.82, 2.24) is 19.9 Å². The number of nitrogens with one attached hydrogen (secondary N) is 1. The van der Waals surface area contributed by atoms with Crippen LogP contribution in [0.15, 0.2) is 48.7 Å². The number of amides is 2. The molecule has 0 radical (unpaired) electrons. The van der Waals surface area contributed by atoms with Gasteiger partial charge in [0.25, 0.3) is 11.8 Å². The Morgan fingerprint density at radius 3 is 2.65 bits per heavy atom. The van der Waals surface area contributed by atoms with Gasteiger partial charge in [-0.05, 0) is 50.2 Å². The minimum absolute atomic E-state index is 0.150. The van der Waals surface area contributed by atoms with E-state index in [1.165, 1.54) is 17.5 Å². The average molecular weight is 511 g/mol. The van der Waals surface area contributed by atoms with E-state index in [9.17, 15) is 14.9 Å². The fourth-order valence-electron chi connectivity index (χ4n) is 4.18. The molecule has 0 atom stereocenters. The zero-order chi connectivity index (χ0) is 26.1. The normalized spacial score (nSPS) is 12.1. The molecule has 0 saturated heterocycles. The van der Waals surface area contributed by atoms with Crippen LogP contribution in [0.5, 0.6) is 5.75 Å². The van der Waals surface area contributed by atoms with Gasteiger partial charge in [0, 0.05) is 28.7 Å². The number of fused-ring (bicyclic) bond motifs is 1. The van der Waals surface area contributed by atoms with Crippen molar-refractivity contribution in [1.29, 1.82) is 5.26 Å². The second kappa shape index (κ2) is 9.79. The summed E-state index contributed by atoms with van der Waals surface area (Å²) in [6.45, 7) is 4.44. The van der Waals surface area contributed by atoms with Gasteiger partial charge in [-0.2, -0.15) is 5.26 Å². The molecular formula is C27H22N6O3S. The number of carbonyl (C=O) groups is 2. The van der Waals surface area contributed by atoms with E-state index in [1.807, 2.05) is 26.0 Å². The SMILES string of the molecule is COc1ccc(C#N)cc1-c1cc(C)ncc1C(=O)Nc1nc2c(s1)CN(C(=O)c1cccc(C)n1)C2. The van der Waals surface area contributed by atoms with Gasteiger partial charge in [0.15, 0.2) is 5.13 Å². The molecule has 4 aromatic rings. The van der Waals surface area contributed by atoms with Crippen LogP contribution in [0, 0.1) is 25.2 Å². The number of rotatable bonds is 5. The molecule has 1 N–H and O–H groups in total. The Morgan fingerprint density at radius 2 is 1.92 bits per heavy atom. The molecule has 1 aliphatic heterocycles. The predicted octanol–water partition coefficient (Wildman–Crippen LogP) is 4.51. The first kappa shape index (κ1) is 24.1. The highest BCUT2D eigenvalue weighted by Gasteiger charge is 2.29. The van der Waals surface area contributed by atoms with E-state index in [4.69, 9.17) is 4.74 Å². The zero-order valence-corrected chi connectivity index (χ0v) is 21.2. The number of nitriles is 1. The van der Waals surface area contributed by atoms with Gasteiger partial charge in [0.1, 0.15) is 11.4 Å². The lowest BCUT2D eigenvalue weighted by Crippen LogP contribution is -2.26. The van der Waals surface area contributed by atoms with E-state index in [2.05, 4.69) is 26.3 Å². The van der Waals surface area contributed by atoms with Crippen LogP contribution in [0.1, 0.15) is 48.4 Å². The fourth-order valence-corrected chi connectivity index (χ4v) is 5.16. The van der Waals surface area contributed by atoms with E-state index in [-0.39, 0.29) is 11.8 Å². The first-order chi connectivity index (χ1) is 17.9. The van der Waals surface area contributed by atoms with Crippen molar-refractivity contribution in [3.63, 3.8) is 0 Å². The maximum absolute atomic E-state index is 13.3. The van der Waals surface area contributed by atoms with Crippen LogP contribution in [-0.2, 0) is 13.1 Å². The van der Waals surface area contributed by atoms with Crippen molar-refractivity contribution in [2.24, 2.45) is 0 Å². The molecule has 1 aromatic carbocycles. The number of nitrogens with zero attached hydrogens (tertiary/aromatic N) is 5. The Kier molecular flexibility index (Phi) is 6.38. The number of hydrogen-bond donors (Lipinski definition) is 1. The third-order valence-electron chi connectivity index (χ3n) is 5.97. The molecule has 4 heterocycles. The summed E-state index contributed by atoms with van der Waals surface area (Å²) in [6.07, 6.45) is 1.51. The van der Waals surface area contributed by atoms with Crippen molar-refractivity contribution in [3.8, 4) is 22.9 Å². The van der Waals surface area contributed by atoms with E-state index in [1.54, 1.807) is 42.3 Å². The molecule has 0 bridgehead atoms. The van der Waals surface area contributed by atoms with Gasteiger partial charge in [0.05, 0.1) is 48.0 Å². The lowest BCUT2D eigenvalue weighted by Gasteiger charge is -2.15. The number of ether oxygens (including phenoxy) is 1. The smallest absolute Gasteiger partial charge is 0.273 e. The highest BCUT2D eigenvalue weighted by Crippen LogP contribution is 2.35. The molecule has 0 aliphatic carbocycles. The van der Waals surface area contributed by atoms with Gasteiger partial charge in [-0.3, -0.25) is 19.9 Å².